The fourth-order valence-corrected chi connectivity index (χ4v) is 2.00. The summed E-state index contributed by atoms with van der Waals surface area (Å²) in [5.74, 6) is -2.27. The molecule has 0 radical (unpaired) electrons. The Hall–Kier alpha value is -2.90. The summed E-state index contributed by atoms with van der Waals surface area (Å²) < 4.78 is 0. The number of rotatable bonds is 2. The van der Waals surface area contributed by atoms with Crippen LogP contribution in [0, 0.1) is 0 Å². The molecule has 8 heteroatoms. The smallest absolute Gasteiger partial charge is 0.335 e. The van der Waals surface area contributed by atoms with Gasteiger partial charge in [-0.3, -0.25) is 9.59 Å². The van der Waals surface area contributed by atoms with Crippen molar-refractivity contribution in [3.8, 4) is 0 Å². The lowest BCUT2D eigenvalue weighted by atomic mass is 10.1. The van der Waals surface area contributed by atoms with Gasteiger partial charge < -0.3 is 15.5 Å². The van der Waals surface area contributed by atoms with E-state index in [4.69, 9.17) is 4.84 Å². The van der Waals surface area contributed by atoms with Gasteiger partial charge in [-0.15, -0.1) is 0 Å². The minimum absolute atomic E-state index is 0.0425. The number of hydrogen-bond acceptors (Lipinski definition) is 5. The molecule has 1 saturated heterocycles. The molecule has 1 aromatic rings. The summed E-state index contributed by atoms with van der Waals surface area (Å²) in [5, 5.41) is 5.09. The van der Waals surface area contributed by atoms with Crippen molar-refractivity contribution in [2.24, 2.45) is 0 Å². The first-order valence-electron chi connectivity index (χ1n) is 5.82. The lowest BCUT2D eigenvalue weighted by Gasteiger charge is -2.15. The fraction of sp³-hybridized carbons (Fsp3) is 0.167. The SMILES string of the molecule is O=C1NC[C@H](C(=O)ON2C(=O)c3ccccc3C2=O)N1. The molecule has 0 spiro atoms. The van der Waals surface area contributed by atoms with Gasteiger partial charge in [-0.05, 0) is 12.1 Å². The van der Waals surface area contributed by atoms with Gasteiger partial charge in [0.05, 0.1) is 17.7 Å². The lowest BCUT2D eigenvalue weighted by molar-refractivity contribution is -0.170. The van der Waals surface area contributed by atoms with Crippen molar-refractivity contribution < 1.29 is 24.0 Å². The molecule has 8 nitrogen and oxygen atoms in total. The molecular formula is C12H9N3O5. The van der Waals surface area contributed by atoms with E-state index in [0.29, 0.717) is 5.06 Å². The van der Waals surface area contributed by atoms with Crippen molar-refractivity contribution in [3.63, 3.8) is 0 Å². The molecule has 1 fully saturated rings. The van der Waals surface area contributed by atoms with Crippen LogP contribution in [0.5, 0.6) is 0 Å². The molecule has 0 bridgehead atoms. The number of nitrogens with one attached hydrogen (secondary N) is 2. The van der Waals surface area contributed by atoms with Gasteiger partial charge in [0, 0.05) is 0 Å². The molecule has 1 aromatic carbocycles. The highest BCUT2D eigenvalue weighted by Crippen LogP contribution is 2.22. The molecule has 2 aliphatic heterocycles. The van der Waals surface area contributed by atoms with E-state index in [9.17, 15) is 19.2 Å². The minimum Gasteiger partial charge on any atom is -0.335 e. The summed E-state index contributed by atoms with van der Waals surface area (Å²) >= 11 is 0. The Morgan fingerprint density at radius 3 is 2.25 bits per heavy atom. The highest BCUT2D eigenvalue weighted by molar-refractivity contribution is 6.20. The predicted octanol–water partition coefficient (Wildman–Crippen LogP) is -0.578. The number of hydrogen-bond donors (Lipinski definition) is 2. The molecule has 1 atom stereocenters. The van der Waals surface area contributed by atoms with Crippen molar-refractivity contribution in [2.45, 2.75) is 6.04 Å². The molecule has 4 amide bonds. The van der Waals surface area contributed by atoms with Crippen LogP contribution < -0.4 is 10.6 Å². The van der Waals surface area contributed by atoms with E-state index in [0.717, 1.165) is 0 Å². The zero-order valence-electron chi connectivity index (χ0n) is 10.1. The number of imide groups is 1. The summed E-state index contributed by atoms with van der Waals surface area (Å²) in [5.41, 5.74) is 0.359. The maximum Gasteiger partial charge on any atom is 0.357 e. The van der Waals surface area contributed by atoms with E-state index < -0.39 is 29.9 Å². The highest BCUT2D eigenvalue weighted by Gasteiger charge is 2.40. The number of urea groups is 1. The van der Waals surface area contributed by atoms with Gasteiger partial charge in [0.15, 0.2) is 0 Å². The molecule has 2 heterocycles. The molecular weight excluding hydrogens is 266 g/mol. The quantitative estimate of drug-likeness (QED) is 0.703. The van der Waals surface area contributed by atoms with Crippen LogP contribution in [0.3, 0.4) is 0 Å². The van der Waals surface area contributed by atoms with Gasteiger partial charge >= 0.3 is 12.0 Å². The number of carbonyl (C=O) groups excluding carboxylic acids is 4. The third kappa shape index (κ3) is 1.78. The van der Waals surface area contributed by atoms with Crippen molar-refractivity contribution in [1.29, 1.82) is 0 Å². The van der Waals surface area contributed by atoms with Gasteiger partial charge in [-0.25, -0.2) is 9.59 Å². The van der Waals surface area contributed by atoms with Gasteiger partial charge in [-0.1, -0.05) is 17.2 Å². The van der Waals surface area contributed by atoms with Crippen molar-refractivity contribution in [1.82, 2.24) is 15.7 Å². The maximum atomic E-state index is 11.9. The van der Waals surface area contributed by atoms with E-state index in [1.165, 1.54) is 12.1 Å². The number of fused-ring (bicyclic) bond motifs is 1. The van der Waals surface area contributed by atoms with Gasteiger partial charge in [0.2, 0.25) is 0 Å². The van der Waals surface area contributed by atoms with E-state index in [1.807, 2.05) is 0 Å². The zero-order chi connectivity index (χ0) is 14.3. The standard InChI is InChI=1S/C12H9N3O5/c16-9-6-3-1-2-4-7(6)10(17)15(9)20-11(18)8-5-13-12(19)14-8/h1-4,8H,5H2,(H2,13,14,19)/t8-/m1/s1. The third-order valence-corrected chi connectivity index (χ3v) is 2.99. The van der Waals surface area contributed by atoms with Crippen LogP contribution in [0.15, 0.2) is 24.3 Å². The van der Waals surface area contributed by atoms with Crippen molar-refractivity contribution in [2.75, 3.05) is 6.54 Å². The second kappa shape index (κ2) is 4.34. The normalized spacial score (nSPS) is 20.5. The Labute approximate surface area is 112 Å². The van der Waals surface area contributed by atoms with Crippen LogP contribution in [0.4, 0.5) is 4.79 Å². The van der Waals surface area contributed by atoms with E-state index in [1.54, 1.807) is 12.1 Å². The summed E-state index contributed by atoms with van der Waals surface area (Å²) in [6, 6.07) is 4.73. The first kappa shape index (κ1) is 12.2. The Kier molecular flexibility index (Phi) is 2.63. The Balaban J connectivity index is 1.77. The first-order chi connectivity index (χ1) is 9.58. The van der Waals surface area contributed by atoms with E-state index in [2.05, 4.69) is 10.6 Å². The number of nitrogens with zero attached hydrogens (tertiary/aromatic N) is 1. The van der Waals surface area contributed by atoms with Crippen molar-refractivity contribution in [3.05, 3.63) is 35.4 Å². The number of amides is 4. The second-order valence-electron chi connectivity index (χ2n) is 4.27. The largest absolute Gasteiger partial charge is 0.357 e. The molecule has 0 aromatic heterocycles. The number of benzene rings is 1. The maximum absolute atomic E-state index is 11.9. The van der Waals surface area contributed by atoms with Crippen LogP contribution in [-0.4, -0.2) is 41.5 Å². The molecule has 2 N–H and O–H groups in total. The summed E-state index contributed by atoms with van der Waals surface area (Å²) in [6.45, 7) is 0.0425. The average molecular weight is 275 g/mol. The fourth-order valence-electron chi connectivity index (χ4n) is 2.00. The van der Waals surface area contributed by atoms with Crippen LogP contribution >= 0.6 is 0 Å². The van der Waals surface area contributed by atoms with Crippen molar-refractivity contribution >= 4 is 23.8 Å². The van der Waals surface area contributed by atoms with Crippen LogP contribution in [-0.2, 0) is 9.63 Å². The van der Waals surface area contributed by atoms with Crippen LogP contribution in [0.1, 0.15) is 20.7 Å². The average Bonchev–Trinajstić information content (AvgIpc) is 2.98. The molecule has 2 aliphatic rings. The second-order valence-corrected chi connectivity index (χ2v) is 4.27. The monoisotopic (exact) mass is 275 g/mol. The minimum atomic E-state index is -0.924. The lowest BCUT2D eigenvalue weighted by Crippen LogP contribution is -2.42. The summed E-state index contributed by atoms with van der Waals surface area (Å²) in [7, 11) is 0. The summed E-state index contributed by atoms with van der Waals surface area (Å²) in [6.07, 6.45) is 0. The van der Waals surface area contributed by atoms with Gasteiger partial charge in [0.25, 0.3) is 11.8 Å². The zero-order valence-corrected chi connectivity index (χ0v) is 10.1. The van der Waals surface area contributed by atoms with E-state index >= 15 is 0 Å². The topological polar surface area (TPSA) is 105 Å². The third-order valence-electron chi connectivity index (χ3n) is 2.99. The van der Waals surface area contributed by atoms with Gasteiger partial charge in [-0.2, -0.15) is 0 Å². The van der Waals surface area contributed by atoms with Gasteiger partial charge in [0.1, 0.15) is 6.04 Å². The van der Waals surface area contributed by atoms with Crippen LogP contribution in [0.25, 0.3) is 0 Å². The number of carbonyl (C=O) groups is 4. The molecule has 102 valence electrons. The molecule has 20 heavy (non-hydrogen) atoms. The summed E-state index contributed by atoms with van der Waals surface area (Å²) in [4.78, 5) is 51.4. The number of hydroxylamine groups is 2. The predicted molar refractivity (Wildman–Crippen MR) is 63.4 cm³/mol. The first-order valence-corrected chi connectivity index (χ1v) is 5.82. The van der Waals surface area contributed by atoms with Crippen LogP contribution in [0.2, 0.25) is 0 Å². The van der Waals surface area contributed by atoms with E-state index in [-0.39, 0.29) is 17.7 Å². The Morgan fingerprint density at radius 2 is 1.75 bits per heavy atom. The Bertz CT molecular complexity index is 607. The molecule has 0 unspecified atom stereocenters. The Morgan fingerprint density at radius 1 is 1.15 bits per heavy atom. The highest BCUT2D eigenvalue weighted by atomic mass is 16.7. The molecule has 0 aliphatic carbocycles. The molecule has 3 rings (SSSR count). The molecule has 0 saturated carbocycles.